The van der Waals surface area contributed by atoms with Crippen LogP contribution in [0.3, 0.4) is 0 Å². The Bertz CT molecular complexity index is 3920. The number of carbonyl (C=O) groups is 6. The van der Waals surface area contributed by atoms with Crippen LogP contribution in [0.1, 0.15) is 81.5 Å². The number of azide groups is 2. The quantitative estimate of drug-likeness (QED) is 0.0113. The number of aromatic carboxylic acids is 1. The molecule has 10 aromatic heterocycles. The molecule has 8 N–H and O–H groups in total. The van der Waals surface area contributed by atoms with Gasteiger partial charge in [-0.25, -0.2) is 19.2 Å². The van der Waals surface area contributed by atoms with Crippen LogP contribution in [-0.4, -0.2) is 103 Å². The molecule has 0 aromatic carbocycles. The van der Waals surface area contributed by atoms with Gasteiger partial charge in [0.05, 0.1) is 67.7 Å². The molecule has 0 radical (unpaired) electrons. The number of furan rings is 5. The number of nitrogens with zero attached hydrogens (tertiary/aromatic N) is 6. The number of carboxylic acids is 1. The van der Waals surface area contributed by atoms with Crippen molar-refractivity contribution < 1.29 is 165 Å². The van der Waals surface area contributed by atoms with Crippen molar-refractivity contribution in [2.45, 2.75) is 34.0 Å². The SMILES string of the molecule is CCOC(=O)/C(=C/c1ccco1)N=[N+]=[N-].CCOC(=O)CN=[N+]=[N-].CCOC(=O)c1cc2occc2[nH]1.O=C(O)c1cc2occc2[nH]1.O=C(Oc1coc(CO)cc1=O)c1cc2occc2[nH]1.O=Cc1ccco1.O=c1cc(CO)occ1O.[H-].[Na+].[Na+].[OH-]. The molecule has 0 unspecified atom stereocenters. The number of hydrogen-bond donors (Lipinski definition) is 7. The number of aromatic nitrogens is 3. The number of rotatable bonds is 15. The number of aromatic amines is 3. The van der Waals surface area contributed by atoms with E-state index in [0.717, 1.165) is 30.2 Å². The summed E-state index contributed by atoms with van der Waals surface area (Å²) >= 11 is 0. The number of hydrogen-bond acceptors (Lipinski definition) is 25. The van der Waals surface area contributed by atoms with E-state index < -0.39 is 47.1 Å². The van der Waals surface area contributed by atoms with Crippen LogP contribution in [0.25, 0.3) is 60.3 Å². The number of aliphatic hydroxyl groups excluding tert-OH is 2. The Kier molecular flexibility index (Phi) is 35.5. The van der Waals surface area contributed by atoms with Gasteiger partial charge in [0.1, 0.15) is 72.3 Å². The molecule has 454 valence electrons. The molecule has 35 heteroatoms. The number of fused-ring (bicyclic) bond motifs is 3. The maximum Gasteiger partial charge on any atom is 1.00 e. The summed E-state index contributed by atoms with van der Waals surface area (Å²) in [6.45, 7) is 5.07. The van der Waals surface area contributed by atoms with Gasteiger partial charge >= 0.3 is 89.0 Å². The van der Waals surface area contributed by atoms with Crippen molar-refractivity contribution in [1.29, 1.82) is 0 Å². The molecule has 0 aliphatic rings. The Morgan fingerprint density at radius 3 is 1.53 bits per heavy atom. The first kappa shape index (κ1) is 76.0. The molecule has 0 aliphatic heterocycles. The summed E-state index contributed by atoms with van der Waals surface area (Å²) < 4.78 is 53.1. The van der Waals surface area contributed by atoms with E-state index in [-0.39, 0.29) is 126 Å². The summed E-state index contributed by atoms with van der Waals surface area (Å²) in [6, 6.07) is 18.3. The van der Waals surface area contributed by atoms with Gasteiger partial charge in [0.15, 0.2) is 34.5 Å². The van der Waals surface area contributed by atoms with Gasteiger partial charge in [-0.1, -0.05) is 10.2 Å². The van der Waals surface area contributed by atoms with Crippen LogP contribution in [0.5, 0.6) is 11.5 Å². The fourth-order valence-electron chi connectivity index (χ4n) is 5.91. The fraction of sp³-hybridized carbons (Fsp3) is 0.170. The molecular formula is C53H51N9Na2O24. The van der Waals surface area contributed by atoms with Crippen molar-refractivity contribution in [3.8, 4) is 11.5 Å². The van der Waals surface area contributed by atoms with E-state index in [0.29, 0.717) is 64.5 Å². The van der Waals surface area contributed by atoms with Crippen molar-refractivity contribution in [3.63, 3.8) is 0 Å². The van der Waals surface area contributed by atoms with Gasteiger partial charge < -0.3 is 92.1 Å². The van der Waals surface area contributed by atoms with Gasteiger partial charge in [0.25, 0.3) is 0 Å². The van der Waals surface area contributed by atoms with Crippen molar-refractivity contribution in [3.05, 3.63) is 204 Å². The van der Waals surface area contributed by atoms with E-state index in [1.807, 2.05) is 0 Å². The topological polar surface area (TPSA) is 521 Å². The summed E-state index contributed by atoms with van der Waals surface area (Å²) in [6.07, 6.45) is 11.3. The van der Waals surface area contributed by atoms with Gasteiger partial charge in [-0.2, -0.15) is 0 Å². The summed E-state index contributed by atoms with van der Waals surface area (Å²) in [4.78, 5) is 100. The average molecular weight is 1240 g/mol. The minimum atomic E-state index is -0.976. The Balaban J connectivity index is 0.00000103. The molecule has 88 heavy (non-hydrogen) atoms. The zero-order chi connectivity index (χ0) is 62.1. The number of aliphatic hydroxyl groups is 2. The number of esters is 4. The average Bonchev–Trinajstić information content (AvgIpc) is 1.97. The third-order valence-electron chi connectivity index (χ3n) is 9.59. The number of H-pyrrole nitrogens is 3. The molecule has 33 nitrogen and oxygen atoms in total. The molecule has 0 bridgehead atoms. The molecule has 0 aliphatic carbocycles. The number of aldehydes is 1. The molecule has 10 aromatic rings. The molecular weight excluding hydrogens is 1190 g/mol. The van der Waals surface area contributed by atoms with E-state index in [9.17, 15) is 38.4 Å². The van der Waals surface area contributed by atoms with Crippen LogP contribution in [0, 0.1) is 0 Å². The minimum absolute atomic E-state index is 0. The van der Waals surface area contributed by atoms with Crippen molar-refractivity contribution in [1.82, 2.24) is 15.0 Å². The second kappa shape index (κ2) is 41.1. The summed E-state index contributed by atoms with van der Waals surface area (Å²) in [5.74, 6) is -2.90. The largest absolute Gasteiger partial charge is 1.00 e. The van der Waals surface area contributed by atoms with E-state index in [1.165, 1.54) is 43.3 Å². The second-order valence-corrected chi connectivity index (χ2v) is 15.3. The predicted octanol–water partition coefficient (Wildman–Crippen LogP) is 3.05. The zero-order valence-corrected chi connectivity index (χ0v) is 51.0. The van der Waals surface area contributed by atoms with Gasteiger partial charge in [0.2, 0.25) is 16.6 Å². The number of aromatic hydroxyl groups is 1. The fourth-order valence-corrected chi connectivity index (χ4v) is 5.91. The number of nitrogens with one attached hydrogen (secondary N) is 3. The third-order valence-corrected chi connectivity index (χ3v) is 9.59. The number of ether oxygens (including phenoxy) is 4. The standard InChI is InChI=1S/C13H9NO6.C9H9N3O3.C9H9NO3.C7H5NO3.C6H6O4.C5H4O2.C4H7N3O2.2Na.H2O.H/c15-5-7-3-10(16)12(6-19-7)20-13(17)9-4-11-8(14-9)1-2-18-11;1-2-14-9(13)8(11-12-10)6-7-4-3-5-15-7;1-2-12-9(11)7-5-8-6(10-7)3-4-13-8;9-7(10)5-3-6-4(8-5)1-2-11-6;7-2-4-1-5(8)6(9)3-10-4;6-4-5-2-1-3-7-5;1-2-9-4(8)3-6-7-5;;;;/h1-4,6,14-15H,5H2;3-6H,2H2,1H3;3-5,10H,2H2,1H3;1-3,8H,(H,9,10);1,3,7,9H,2H2;1-4H;2-3H2,1H3;;;1H2;/q;;;;;;;2*+1;;-1/p-1/b;8-6-;;;;;;;;;. The monoisotopic (exact) mass is 1240 g/mol. The second-order valence-electron chi connectivity index (χ2n) is 15.3. The van der Waals surface area contributed by atoms with Crippen molar-refractivity contribution >= 4 is 75.5 Å². The van der Waals surface area contributed by atoms with Gasteiger partial charge in [-0.15, -0.1) is 0 Å². The third kappa shape index (κ3) is 25.3. The van der Waals surface area contributed by atoms with E-state index >= 15 is 0 Å². The van der Waals surface area contributed by atoms with Gasteiger partial charge in [0, 0.05) is 58.4 Å². The molecule has 10 heterocycles. The number of carboxylic acid groups (broad SMARTS) is 1. The first-order valence-corrected chi connectivity index (χ1v) is 24.1. The van der Waals surface area contributed by atoms with E-state index in [1.54, 1.807) is 75.6 Å². The molecule has 0 fully saturated rings. The molecule has 0 saturated carbocycles. The summed E-state index contributed by atoms with van der Waals surface area (Å²) in [5.41, 5.74) is 19.4. The van der Waals surface area contributed by atoms with Crippen LogP contribution in [0.2, 0.25) is 0 Å². The Morgan fingerprint density at radius 1 is 0.625 bits per heavy atom. The van der Waals surface area contributed by atoms with Gasteiger partial charge in [-0.05, 0) is 62.2 Å². The Labute approximate surface area is 538 Å². The van der Waals surface area contributed by atoms with Crippen LogP contribution >= 0.6 is 0 Å². The van der Waals surface area contributed by atoms with Crippen LogP contribution in [-0.2, 0) is 37.0 Å². The summed E-state index contributed by atoms with van der Waals surface area (Å²) in [5, 5.41) is 40.7. The van der Waals surface area contributed by atoms with Crippen LogP contribution in [0.15, 0.2) is 173 Å². The molecule has 0 atom stereocenters. The normalized spacial score (nSPS) is 9.72. The summed E-state index contributed by atoms with van der Waals surface area (Å²) in [7, 11) is 0. The van der Waals surface area contributed by atoms with E-state index in [2.05, 4.69) is 48.6 Å². The first-order valence-electron chi connectivity index (χ1n) is 24.1. The Morgan fingerprint density at radius 2 is 1.11 bits per heavy atom. The van der Waals surface area contributed by atoms with Crippen molar-refractivity contribution in [2.75, 3.05) is 26.4 Å². The zero-order valence-electron chi connectivity index (χ0n) is 48.0. The van der Waals surface area contributed by atoms with Crippen molar-refractivity contribution in [2.24, 2.45) is 10.2 Å². The maximum atomic E-state index is 11.9. The molecule has 0 spiro atoms. The van der Waals surface area contributed by atoms with Gasteiger partial charge in [-0.3, -0.25) is 19.2 Å². The van der Waals surface area contributed by atoms with E-state index in [4.69, 9.17) is 67.8 Å². The minimum Gasteiger partial charge on any atom is -1.00 e. The molecule has 0 saturated heterocycles. The smallest absolute Gasteiger partial charge is 1.00 e. The first-order chi connectivity index (χ1) is 41.0. The maximum absolute atomic E-state index is 11.9. The molecule has 0 amide bonds. The Hall–Kier alpha value is -10.0. The van der Waals surface area contributed by atoms with Crippen LogP contribution < -0.4 is 74.7 Å². The molecule has 10 rings (SSSR count). The van der Waals surface area contributed by atoms with Crippen LogP contribution in [0.4, 0.5) is 0 Å². The predicted molar refractivity (Wildman–Crippen MR) is 293 cm³/mol. The number of carbonyl (C=O) groups excluding carboxylic acids is 5.